The average Bonchev–Trinajstić information content (AvgIpc) is 2.89. The van der Waals surface area contributed by atoms with Gasteiger partial charge in [-0.2, -0.15) is 0 Å². The monoisotopic (exact) mass is 331 g/mol. The molecule has 0 atom stereocenters. The second kappa shape index (κ2) is 6.43. The van der Waals surface area contributed by atoms with Gasteiger partial charge in [0.05, 0.1) is 23.2 Å². The fourth-order valence-corrected chi connectivity index (χ4v) is 3.58. The van der Waals surface area contributed by atoms with Crippen LogP contribution >= 0.6 is 11.3 Å². The van der Waals surface area contributed by atoms with Crippen LogP contribution in [0.15, 0.2) is 12.4 Å². The number of pyridine rings is 1. The van der Waals surface area contributed by atoms with Gasteiger partial charge in [0, 0.05) is 18.2 Å². The molecule has 0 saturated carbocycles. The van der Waals surface area contributed by atoms with Crippen LogP contribution in [0.2, 0.25) is 0 Å². The van der Waals surface area contributed by atoms with Gasteiger partial charge in [-0.15, -0.1) is 11.3 Å². The summed E-state index contributed by atoms with van der Waals surface area (Å²) >= 11 is 1.51. The van der Waals surface area contributed by atoms with Crippen molar-refractivity contribution < 1.29 is 9.53 Å². The highest BCUT2D eigenvalue weighted by molar-refractivity contribution is 7.26. The number of nitrogens with one attached hydrogen (secondary N) is 2. The number of aryl methyl sites for hydroxylation is 2. The zero-order valence-electron chi connectivity index (χ0n) is 13.1. The van der Waals surface area contributed by atoms with Gasteiger partial charge in [-0.1, -0.05) is 0 Å². The van der Waals surface area contributed by atoms with Crippen LogP contribution in [0.4, 0.5) is 5.82 Å². The van der Waals surface area contributed by atoms with E-state index >= 15 is 0 Å². The normalized spacial score (nSPS) is 11.1. The van der Waals surface area contributed by atoms with Gasteiger partial charge in [0.15, 0.2) is 5.82 Å². The minimum atomic E-state index is -0.162. The number of hydrogen-bond donors (Lipinski definition) is 2. The van der Waals surface area contributed by atoms with Crippen molar-refractivity contribution in [1.82, 2.24) is 20.4 Å². The number of hydrazine groups is 1. The van der Waals surface area contributed by atoms with E-state index in [1.807, 2.05) is 19.9 Å². The Morgan fingerprint density at radius 2 is 2.17 bits per heavy atom. The molecule has 0 aliphatic rings. The topological polar surface area (TPSA) is 89.0 Å². The molecule has 23 heavy (non-hydrogen) atoms. The Kier molecular flexibility index (Phi) is 4.35. The maximum atomic E-state index is 11.7. The largest absolute Gasteiger partial charge is 0.384 e. The number of rotatable bonds is 5. The van der Waals surface area contributed by atoms with Crippen molar-refractivity contribution in [3.8, 4) is 0 Å². The molecule has 0 aliphatic heterocycles. The van der Waals surface area contributed by atoms with E-state index in [-0.39, 0.29) is 12.3 Å². The van der Waals surface area contributed by atoms with E-state index < -0.39 is 0 Å². The minimum Gasteiger partial charge on any atom is -0.384 e. The summed E-state index contributed by atoms with van der Waals surface area (Å²) in [6.45, 7) is 4.39. The number of methoxy groups -OCH3 is 1. The number of ether oxygens (including phenoxy) is 1. The Hall–Kier alpha value is -2.32. The summed E-state index contributed by atoms with van der Waals surface area (Å²) < 4.78 is 5.75. The molecule has 0 aliphatic carbocycles. The summed E-state index contributed by atoms with van der Waals surface area (Å²) in [5.41, 5.74) is 8.44. The molecule has 120 valence electrons. The van der Waals surface area contributed by atoms with Gasteiger partial charge in [0.1, 0.15) is 11.2 Å². The van der Waals surface area contributed by atoms with Gasteiger partial charge >= 0.3 is 0 Å². The molecule has 0 spiro atoms. The molecule has 0 aromatic carbocycles. The third-order valence-corrected chi connectivity index (χ3v) is 4.48. The second-order valence-corrected chi connectivity index (χ2v) is 6.18. The van der Waals surface area contributed by atoms with Crippen molar-refractivity contribution in [2.24, 2.45) is 0 Å². The lowest BCUT2D eigenvalue weighted by molar-refractivity contribution is -0.121. The molecule has 2 N–H and O–H groups in total. The molecule has 0 radical (unpaired) electrons. The van der Waals surface area contributed by atoms with Gasteiger partial charge in [-0.25, -0.2) is 15.0 Å². The average molecular weight is 331 g/mol. The number of aromatic nitrogens is 3. The predicted molar refractivity (Wildman–Crippen MR) is 90.4 cm³/mol. The first-order valence-corrected chi connectivity index (χ1v) is 7.97. The second-order valence-electron chi connectivity index (χ2n) is 5.18. The number of carbonyl (C=O) groups is 1. The zero-order valence-corrected chi connectivity index (χ0v) is 14.0. The number of thiophene rings is 1. The minimum absolute atomic E-state index is 0.162. The number of anilines is 1. The Bertz CT molecular complexity index is 877. The first-order chi connectivity index (χ1) is 11.1. The van der Waals surface area contributed by atoms with Crippen LogP contribution in [-0.4, -0.2) is 34.6 Å². The number of carbonyl (C=O) groups excluding carboxylic acids is 1. The van der Waals surface area contributed by atoms with Gasteiger partial charge < -0.3 is 4.74 Å². The Morgan fingerprint density at radius 3 is 2.96 bits per heavy atom. The highest BCUT2D eigenvalue weighted by atomic mass is 32.1. The van der Waals surface area contributed by atoms with Gasteiger partial charge in [0.2, 0.25) is 5.91 Å². The molecule has 3 rings (SSSR count). The number of fused-ring (bicyclic) bond motifs is 3. The summed E-state index contributed by atoms with van der Waals surface area (Å²) in [6.07, 6.45) is 1.77. The summed E-state index contributed by atoms with van der Waals surface area (Å²) in [5.74, 6) is 0.408. The van der Waals surface area contributed by atoms with Crippen LogP contribution < -0.4 is 10.9 Å². The van der Waals surface area contributed by atoms with Crippen LogP contribution in [0, 0.1) is 13.8 Å². The molecule has 1 amide bonds. The van der Waals surface area contributed by atoms with Crippen molar-refractivity contribution in [1.29, 1.82) is 0 Å². The van der Waals surface area contributed by atoms with Crippen molar-refractivity contribution in [2.75, 3.05) is 19.1 Å². The van der Waals surface area contributed by atoms with E-state index in [1.54, 1.807) is 7.11 Å². The van der Waals surface area contributed by atoms with Gasteiger partial charge in [-0.3, -0.25) is 15.6 Å². The third kappa shape index (κ3) is 3.08. The quantitative estimate of drug-likeness (QED) is 0.698. The molecule has 0 saturated heterocycles. The molecule has 0 bridgehead atoms. The Labute approximate surface area is 137 Å². The van der Waals surface area contributed by atoms with E-state index in [2.05, 4.69) is 25.8 Å². The highest BCUT2D eigenvalue weighted by Crippen LogP contribution is 2.36. The van der Waals surface area contributed by atoms with E-state index in [0.29, 0.717) is 12.4 Å². The molecular formula is C15H17N5O2S. The molecule has 7 nitrogen and oxygen atoms in total. The lowest BCUT2D eigenvalue weighted by Crippen LogP contribution is -2.30. The molecule has 3 aromatic rings. The summed E-state index contributed by atoms with van der Waals surface area (Å²) in [5, 5.41) is 1.03. The van der Waals surface area contributed by atoms with Crippen LogP contribution in [0.1, 0.15) is 17.7 Å². The maximum Gasteiger partial charge on any atom is 0.240 e. The van der Waals surface area contributed by atoms with Crippen LogP contribution in [0.25, 0.3) is 20.4 Å². The first kappa shape index (κ1) is 15.6. The summed E-state index contributed by atoms with van der Waals surface area (Å²) in [7, 11) is 1.56. The molecular weight excluding hydrogens is 314 g/mol. The lowest BCUT2D eigenvalue weighted by Gasteiger charge is -2.07. The molecule has 0 fully saturated rings. The van der Waals surface area contributed by atoms with E-state index in [0.717, 1.165) is 31.7 Å². The lowest BCUT2D eigenvalue weighted by atomic mass is 10.1. The molecule has 0 unspecified atom stereocenters. The zero-order chi connectivity index (χ0) is 16.4. The fourth-order valence-electron chi connectivity index (χ4n) is 2.38. The van der Waals surface area contributed by atoms with Crippen LogP contribution in [0.5, 0.6) is 0 Å². The predicted octanol–water partition coefficient (Wildman–Crippen LogP) is 2.34. The van der Waals surface area contributed by atoms with Crippen molar-refractivity contribution in [3.05, 3.63) is 23.7 Å². The van der Waals surface area contributed by atoms with Crippen molar-refractivity contribution in [3.63, 3.8) is 0 Å². The first-order valence-electron chi connectivity index (χ1n) is 7.15. The van der Waals surface area contributed by atoms with Crippen LogP contribution in [0.3, 0.4) is 0 Å². The van der Waals surface area contributed by atoms with E-state index in [4.69, 9.17) is 4.74 Å². The van der Waals surface area contributed by atoms with Crippen LogP contribution in [-0.2, 0) is 9.53 Å². The van der Waals surface area contributed by atoms with E-state index in [1.165, 1.54) is 17.7 Å². The highest BCUT2D eigenvalue weighted by Gasteiger charge is 2.14. The van der Waals surface area contributed by atoms with Crippen molar-refractivity contribution >= 4 is 43.5 Å². The smallest absolute Gasteiger partial charge is 0.240 e. The SMILES string of the molecule is COCCC(=O)NNc1ncnc2c1sc1nc(C)cc(C)c12. The molecule has 8 heteroatoms. The summed E-state index contributed by atoms with van der Waals surface area (Å²) in [4.78, 5) is 25.8. The fraction of sp³-hybridized carbons (Fsp3) is 0.333. The maximum absolute atomic E-state index is 11.7. The van der Waals surface area contributed by atoms with Gasteiger partial charge in [0.25, 0.3) is 0 Å². The van der Waals surface area contributed by atoms with E-state index in [9.17, 15) is 4.79 Å². The number of nitrogens with zero attached hydrogens (tertiary/aromatic N) is 3. The third-order valence-electron chi connectivity index (χ3n) is 3.40. The number of hydrogen-bond acceptors (Lipinski definition) is 7. The van der Waals surface area contributed by atoms with Crippen molar-refractivity contribution in [2.45, 2.75) is 20.3 Å². The standard InChI is InChI=1S/C15H17N5O2S/c1-8-6-9(2)18-15-11(8)12-13(23-15)14(17-7-16-12)20-19-10(21)4-5-22-3/h6-7H,4-5H2,1-3H3,(H,19,21)(H,16,17,20). The summed E-state index contributed by atoms with van der Waals surface area (Å²) in [6, 6.07) is 2.04. The molecule has 3 aromatic heterocycles. The van der Waals surface area contributed by atoms with Gasteiger partial charge in [-0.05, 0) is 25.5 Å². The Morgan fingerprint density at radius 1 is 1.35 bits per heavy atom. The molecule has 3 heterocycles. The number of amides is 1. The Balaban J connectivity index is 1.96.